The first kappa shape index (κ1) is 17.7. The number of nitriles is 1. The number of rotatable bonds is 4. The Balaban J connectivity index is 2.13. The van der Waals surface area contributed by atoms with Gasteiger partial charge in [-0.2, -0.15) is 5.26 Å². The van der Waals surface area contributed by atoms with E-state index < -0.39 is 17.4 Å². The molecule has 1 saturated carbocycles. The molecule has 2 rings (SSSR count). The molecule has 23 heavy (non-hydrogen) atoms. The van der Waals surface area contributed by atoms with Gasteiger partial charge in [0.05, 0.1) is 6.07 Å². The first-order chi connectivity index (χ1) is 10.9. The van der Waals surface area contributed by atoms with Crippen molar-refractivity contribution in [3.05, 3.63) is 0 Å². The first-order valence-electron chi connectivity index (χ1n) is 8.65. The van der Waals surface area contributed by atoms with Crippen molar-refractivity contribution in [1.29, 1.82) is 5.26 Å². The average molecular weight is 320 g/mol. The molecule has 1 saturated heterocycles. The predicted octanol–water partition coefficient (Wildman–Crippen LogP) is 1.21. The number of hydrogen-bond donors (Lipinski definition) is 3. The molecule has 2 amide bonds. The maximum absolute atomic E-state index is 12.7. The summed E-state index contributed by atoms with van der Waals surface area (Å²) in [6.45, 7) is 4.00. The van der Waals surface area contributed by atoms with E-state index in [9.17, 15) is 14.9 Å². The molecule has 0 aromatic heterocycles. The van der Waals surface area contributed by atoms with E-state index >= 15 is 0 Å². The highest BCUT2D eigenvalue weighted by Crippen LogP contribution is 2.31. The van der Waals surface area contributed by atoms with Crippen molar-refractivity contribution in [2.75, 3.05) is 0 Å². The smallest absolute Gasteiger partial charge is 0.234 e. The third kappa shape index (κ3) is 4.23. The number of nitrogens with zero attached hydrogens (tertiary/aromatic N) is 1. The van der Waals surface area contributed by atoms with Crippen LogP contribution < -0.4 is 16.4 Å². The van der Waals surface area contributed by atoms with Gasteiger partial charge in [-0.1, -0.05) is 19.3 Å². The highest BCUT2D eigenvalue weighted by atomic mass is 16.2. The second-order valence-corrected chi connectivity index (χ2v) is 7.34. The lowest BCUT2D eigenvalue weighted by Crippen LogP contribution is -2.61. The lowest BCUT2D eigenvalue weighted by atomic mass is 9.77. The Kier molecular flexibility index (Phi) is 5.64. The largest absolute Gasteiger partial charge is 0.369 e. The van der Waals surface area contributed by atoms with Gasteiger partial charge >= 0.3 is 0 Å². The number of hydrogen-bond acceptors (Lipinski definition) is 4. The van der Waals surface area contributed by atoms with E-state index in [0.717, 1.165) is 32.1 Å². The van der Waals surface area contributed by atoms with Gasteiger partial charge < -0.3 is 16.4 Å². The molecular weight excluding hydrogens is 292 g/mol. The maximum atomic E-state index is 12.7. The molecule has 128 valence electrons. The fourth-order valence-electron chi connectivity index (χ4n) is 4.31. The summed E-state index contributed by atoms with van der Waals surface area (Å²) in [5, 5.41) is 15.9. The fourth-order valence-corrected chi connectivity index (χ4v) is 4.31. The van der Waals surface area contributed by atoms with E-state index in [4.69, 9.17) is 5.73 Å². The van der Waals surface area contributed by atoms with E-state index in [1.807, 2.05) is 13.8 Å². The average Bonchev–Trinajstić information content (AvgIpc) is 2.46. The fraction of sp³-hybridized carbons (Fsp3) is 0.824. The van der Waals surface area contributed by atoms with Gasteiger partial charge in [-0.25, -0.2) is 0 Å². The maximum Gasteiger partial charge on any atom is 0.234 e. The molecule has 3 atom stereocenters. The topological polar surface area (TPSA) is 108 Å². The van der Waals surface area contributed by atoms with Crippen molar-refractivity contribution in [2.24, 2.45) is 17.6 Å². The van der Waals surface area contributed by atoms with Crippen LogP contribution in [0.25, 0.3) is 0 Å². The van der Waals surface area contributed by atoms with Gasteiger partial charge in [0.1, 0.15) is 11.5 Å². The summed E-state index contributed by atoms with van der Waals surface area (Å²) >= 11 is 0. The summed E-state index contributed by atoms with van der Waals surface area (Å²) in [4.78, 5) is 24.6. The molecule has 2 fully saturated rings. The van der Waals surface area contributed by atoms with E-state index in [1.165, 1.54) is 0 Å². The third-order valence-corrected chi connectivity index (χ3v) is 5.17. The number of amides is 2. The highest BCUT2D eigenvalue weighted by molar-refractivity contribution is 6.00. The van der Waals surface area contributed by atoms with E-state index in [-0.39, 0.29) is 23.9 Å². The van der Waals surface area contributed by atoms with Crippen LogP contribution >= 0.6 is 0 Å². The summed E-state index contributed by atoms with van der Waals surface area (Å²) in [6.07, 6.45) is 5.99. The van der Waals surface area contributed by atoms with Crippen molar-refractivity contribution in [2.45, 2.75) is 76.4 Å². The van der Waals surface area contributed by atoms with Crippen LogP contribution in [0.2, 0.25) is 0 Å². The Morgan fingerprint density at radius 2 is 1.78 bits per heavy atom. The Labute approximate surface area is 138 Å². The molecule has 4 N–H and O–H groups in total. The van der Waals surface area contributed by atoms with Gasteiger partial charge in [-0.3, -0.25) is 9.59 Å². The van der Waals surface area contributed by atoms with Crippen molar-refractivity contribution in [3.63, 3.8) is 0 Å². The molecule has 0 bridgehead atoms. The van der Waals surface area contributed by atoms with Crippen molar-refractivity contribution in [3.8, 4) is 6.07 Å². The minimum Gasteiger partial charge on any atom is -0.369 e. The number of nitrogens with one attached hydrogen (secondary N) is 2. The van der Waals surface area contributed by atoms with Gasteiger partial charge in [0, 0.05) is 12.1 Å². The zero-order valence-electron chi connectivity index (χ0n) is 14.1. The number of primary amides is 1. The normalized spacial score (nSPS) is 33.4. The Bertz CT molecular complexity index is 483. The van der Waals surface area contributed by atoms with Crippen LogP contribution in [0.1, 0.15) is 58.8 Å². The SMILES string of the molecule is CC1CC(C#N)(NC(=O)C(C(N)=O)C2CCCCC2)CC(C)N1. The molecule has 0 aromatic carbocycles. The molecule has 0 aromatic rings. The zero-order chi connectivity index (χ0) is 17.0. The summed E-state index contributed by atoms with van der Waals surface area (Å²) in [5.74, 6) is -1.75. The summed E-state index contributed by atoms with van der Waals surface area (Å²) in [6, 6.07) is 2.56. The Morgan fingerprint density at radius 3 is 2.26 bits per heavy atom. The molecular formula is C17H28N4O2. The number of piperidine rings is 1. The van der Waals surface area contributed by atoms with Crippen LogP contribution in [0, 0.1) is 23.2 Å². The Hall–Kier alpha value is -1.61. The molecule has 2 aliphatic rings. The lowest BCUT2D eigenvalue weighted by molar-refractivity contribution is -0.137. The van der Waals surface area contributed by atoms with Gasteiger partial charge in [-0.05, 0) is 45.4 Å². The van der Waals surface area contributed by atoms with Crippen LogP contribution in [0.4, 0.5) is 0 Å². The van der Waals surface area contributed by atoms with Crippen LogP contribution in [0.5, 0.6) is 0 Å². The molecule has 0 spiro atoms. The third-order valence-electron chi connectivity index (χ3n) is 5.17. The van der Waals surface area contributed by atoms with Crippen molar-refractivity contribution >= 4 is 11.8 Å². The zero-order valence-corrected chi connectivity index (χ0v) is 14.1. The lowest BCUT2D eigenvalue weighted by Gasteiger charge is -2.40. The molecule has 1 heterocycles. The number of nitrogens with two attached hydrogens (primary N) is 1. The minimum atomic E-state index is -0.913. The van der Waals surface area contributed by atoms with Gasteiger partial charge in [-0.15, -0.1) is 0 Å². The highest BCUT2D eigenvalue weighted by Gasteiger charge is 2.43. The number of carbonyl (C=O) groups excluding carboxylic acids is 2. The standard InChI is InChI=1S/C17H28N4O2/c1-11-8-17(10-18,9-12(2)20-11)21-16(23)14(15(19)22)13-6-4-3-5-7-13/h11-14,20H,3-9H2,1-2H3,(H2,19,22)(H,21,23). The molecule has 3 unspecified atom stereocenters. The number of carbonyl (C=O) groups is 2. The summed E-state index contributed by atoms with van der Waals surface area (Å²) in [7, 11) is 0. The quantitative estimate of drug-likeness (QED) is 0.676. The van der Waals surface area contributed by atoms with E-state index in [2.05, 4.69) is 16.7 Å². The first-order valence-corrected chi connectivity index (χ1v) is 8.65. The summed E-state index contributed by atoms with van der Waals surface area (Å²) < 4.78 is 0. The van der Waals surface area contributed by atoms with Crippen molar-refractivity contribution < 1.29 is 9.59 Å². The van der Waals surface area contributed by atoms with Crippen LogP contribution in [0.15, 0.2) is 0 Å². The van der Waals surface area contributed by atoms with E-state index in [1.54, 1.807) is 0 Å². The predicted molar refractivity (Wildman–Crippen MR) is 87.0 cm³/mol. The van der Waals surface area contributed by atoms with Gasteiger partial charge in [0.25, 0.3) is 0 Å². The monoisotopic (exact) mass is 320 g/mol. The van der Waals surface area contributed by atoms with Gasteiger partial charge in [0.15, 0.2) is 0 Å². The minimum absolute atomic E-state index is 0.00792. The van der Waals surface area contributed by atoms with Gasteiger partial charge in [0.2, 0.25) is 11.8 Å². The Morgan fingerprint density at radius 1 is 1.22 bits per heavy atom. The summed E-state index contributed by atoms with van der Waals surface area (Å²) in [5.41, 5.74) is 4.60. The molecule has 6 nitrogen and oxygen atoms in total. The molecule has 0 radical (unpaired) electrons. The van der Waals surface area contributed by atoms with Crippen LogP contribution in [0.3, 0.4) is 0 Å². The molecule has 1 aliphatic carbocycles. The van der Waals surface area contributed by atoms with Crippen LogP contribution in [-0.2, 0) is 9.59 Å². The molecule has 6 heteroatoms. The van der Waals surface area contributed by atoms with Crippen LogP contribution in [-0.4, -0.2) is 29.4 Å². The van der Waals surface area contributed by atoms with E-state index in [0.29, 0.717) is 12.8 Å². The second kappa shape index (κ2) is 7.31. The van der Waals surface area contributed by atoms with Crippen molar-refractivity contribution in [1.82, 2.24) is 10.6 Å². The second-order valence-electron chi connectivity index (χ2n) is 7.34. The molecule has 1 aliphatic heterocycles.